The number of anilines is 2. The highest BCUT2D eigenvalue weighted by Gasteiger charge is 2.20. The molecular formula is C14H26N4O. The summed E-state index contributed by atoms with van der Waals surface area (Å²) in [7, 11) is 0. The van der Waals surface area contributed by atoms with Crippen LogP contribution in [0.4, 0.5) is 11.6 Å². The molecule has 1 heterocycles. The SMILES string of the molecule is Cc1c(N)nc(C(C)(C)C)nc1NCC(O)C(C)C. The van der Waals surface area contributed by atoms with Crippen molar-refractivity contribution in [1.29, 1.82) is 0 Å². The van der Waals surface area contributed by atoms with Crippen LogP contribution in [0, 0.1) is 12.8 Å². The minimum absolute atomic E-state index is 0.158. The number of nitrogens with two attached hydrogens (primary N) is 1. The molecule has 1 atom stereocenters. The molecule has 1 aromatic rings. The van der Waals surface area contributed by atoms with Gasteiger partial charge < -0.3 is 16.2 Å². The average molecular weight is 266 g/mol. The Balaban J connectivity index is 2.97. The molecular weight excluding hydrogens is 240 g/mol. The van der Waals surface area contributed by atoms with Gasteiger partial charge in [0.1, 0.15) is 17.5 Å². The highest BCUT2D eigenvalue weighted by molar-refractivity contribution is 5.55. The first-order chi connectivity index (χ1) is 8.62. The number of aliphatic hydroxyl groups is 1. The fourth-order valence-electron chi connectivity index (χ4n) is 1.48. The van der Waals surface area contributed by atoms with Gasteiger partial charge in [-0.2, -0.15) is 0 Å². The zero-order valence-corrected chi connectivity index (χ0v) is 12.8. The van der Waals surface area contributed by atoms with Crippen molar-refractivity contribution >= 4 is 11.6 Å². The van der Waals surface area contributed by atoms with Gasteiger partial charge in [-0.05, 0) is 12.8 Å². The zero-order chi connectivity index (χ0) is 14.8. The van der Waals surface area contributed by atoms with E-state index in [0.717, 1.165) is 5.56 Å². The van der Waals surface area contributed by atoms with Gasteiger partial charge in [-0.3, -0.25) is 0 Å². The van der Waals surface area contributed by atoms with Crippen molar-refractivity contribution in [3.05, 3.63) is 11.4 Å². The van der Waals surface area contributed by atoms with Gasteiger partial charge in [0, 0.05) is 17.5 Å². The maximum atomic E-state index is 9.84. The van der Waals surface area contributed by atoms with Crippen molar-refractivity contribution in [2.45, 2.75) is 53.1 Å². The quantitative estimate of drug-likeness (QED) is 0.777. The predicted molar refractivity (Wildman–Crippen MR) is 79.2 cm³/mol. The maximum absolute atomic E-state index is 9.84. The number of nitrogens with one attached hydrogen (secondary N) is 1. The van der Waals surface area contributed by atoms with Gasteiger partial charge in [-0.25, -0.2) is 9.97 Å². The highest BCUT2D eigenvalue weighted by Crippen LogP contribution is 2.24. The third-order valence-electron chi connectivity index (χ3n) is 3.10. The first-order valence-electron chi connectivity index (χ1n) is 6.69. The molecule has 0 spiro atoms. The van der Waals surface area contributed by atoms with E-state index in [4.69, 9.17) is 5.73 Å². The van der Waals surface area contributed by atoms with Crippen molar-refractivity contribution in [1.82, 2.24) is 9.97 Å². The molecule has 1 unspecified atom stereocenters. The average Bonchev–Trinajstić information content (AvgIpc) is 2.28. The standard InChI is InChI=1S/C14H26N4O/c1-8(2)10(19)7-16-12-9(3)11(15)17-13(18-12)14(4,5)6/h8,10,19H,7H2,1-6H3,(H3,15,16,17,18). The molecule has 0 amide bonds. The van der Waals surface area contributed by atoms with E-state index >= 15 is 0 Å². The number of hydrogen-bond donors (Lipinski definition) is 3. The molecule has 19 heavy (non-hydrogen) atoms. The largest absolute Gasteiger partial charge is 0.391 e. The van der Waals surface area contributed by atoms with Crippen LogP contribution in [0.15, 0.2) is 0 Å². The Bertz CT molecular complexity index is 438. The fourth-order valence-corrected chi connectivity index (χ4v) is 1.48. The molecule has 5 heteroatoms. The van der Waals surface area contributed by atoms with Crippen LogP contribution in [0.25, 0.3) is 0 Å². The van der Waals surface area contributed by atoms with Gasteiger partial charge in [-0.15, -0.1) is 0 Å². The molecule has 0 aromatic carbocycles. The Morgan fingerprint density at radius 1 is 1.26 bits per heavy atom. The van der Waals surface area contributed by atoms with E-state index in [0.29, 0.717) is 24.0 Å². The number of nitrogens with zero attached hydrogens (tertiary/aromatic N) is 2. The van der Waals surface area contributed by atoms with Crippen LogP contribution in [0.3, 0.4) is 0 Å². The van der Waals surface area contributed by atoms with Crippen molar-refractivity contribution in [2.24, 2.45) is 5.92 Å². The van der Waals surface area contributed by atoms with Crippen LogP contribution >= 0.6 is 0 Å². The van der Waals surface area contributed by atoms with Crippen molar-refractivity contribution in [2.75, 3.05) is 17.6 Å². The molecule has 0 fully saturated rings. The molecule has 0 aliphatic carbocycles. The van der Waals surface area contributed by atoms with Crippen molar-refractivity contribution < 1.29 is 5.11 Å². The summed E-state index contributed by atoms with van der Waals surface area (Å²) in [6, 6.07) is 0. The summed E-state index contributed by atoms with van der Waals surface area (Å²) in [5.74, 6) is 2.10. The molecule has 1 rings (SSSR count). The van der Waals surface area contributed by atoms with E-state index in [-0.39, 0.29) is 11.3 Å². The first-order valence-corrected chi connectivity index (χ1v) is 6.69. The molecule has 0 bridgehead atoms. The molecule has 108 valence electrons. The summed E-state index contributed by atoms with van der Waals surface area (Å²) in [6.07, 6.45) is -0.409. The fraction of sp³-hybridized carbons (Fsp3) is 0.714. The van der Waals surface area contributed by atoms with Gasteiger partial charge in [0.2, 0.25) is 0 Å². The van der Waals surface area contributed by atoms with Gasteiger partial charge >= 0.3 is 0 Å². The minimum Gasteiger partial charge on any atom is -0.391 e. The van der Waals surface area contributed by atoms with Crippen LogP contribution < -0.4 is 11.1 Å². The predicted octanol–water partition coefficient (Wildman–Crippen LogP) is 2.09. The summed E-state index contributed by atoms with van der Waals surface area (Å²) < 4.78 is 0. The minimum atomic E-state index is -0.409. The lowest BCUT2D eigenvalue weighted by atomic mass is 9.95. The lowest BCUT2D eigenvalue weighted by Crippen LogP contribution is -2.26. The Labute approximate surface area is 115 Å². The second-order valence-corrected chi connectivity index (χ2v) is 6.35. The normalized spacial score (nSPS) is 13.7. The van der Waals surface area contributed by atoms with Crippen LogP contribution in [-0.2, 0) is 5.41 Å². The van der Waals surface area contributed by atoms with Crippen LogP contribution in [0.1, 0.15) is 46.0 Å². The van der Waals surface area contributed by atoms with E-state index in [1.165, 1.54) is 0 Å². The topological polar surface area (TPSA) is 84.1 Å². The number of aromatic nitrogens is 2. The molecule has 0 aliphatic heterocycles. The molecule has 0 radical (unpaired) electrons. The number of aliphatic hydroxyl groups excluding tert-OH is 1. The van der Waals surface area contributed by atoms with E-state index in [1.54, 1.807) is 0 Å². The monoisotopic (exact) mass is 266 g/mol. The summed E-state index contributed by atoms with van der Waals surface area (Å²) in [5.41, 5.74) is 6.60. The van der Waals surface area contributed by atoms with Crippen molar-refractivity contribution in [3.8, 4) is 0 Å². The van der Waals surface area contributed by atoms with Gasteiger partial charge in [0.05, 0.1) is 6.10 Å². The third-order valence-corrected chi connectivity index (χ3v) is 3.10. The summed E-state index contributed by atoms with van der Waals surface area (Å²) in [4.78, 5) is 8.85. The molecule has 4 N–H and O–H groups in total. The first kappa shape index (κ1) is 15.7. The van der Waals surface area contributed by atoms with E-state index in [2.05, 4.69) is 15.3 Å². The van der Waals surface area contributed by atoms with Crippen LogP contribution in [-0.4, -0.2) is 27.7 Å². The summed E-state index contributed by atoms with van der Waals surface area (Å²) >= 11 is 0. The van der Waals surface area contributed by atoms with E-state index in [1.807, 2.05) is 41.5 Å². The maximum Gasteiger partial charge on any atom is 0.138 e. The third kappa shape index (κ3) is 4.06. The Morgan fingerprint density at radius 3 is 2.32 bits per heavy atom. The lowest BCUT2D eigenvalue weighted by molar-refractivity contribution is 0.138. The highest BCUT2D eigenvalue weighted by atomic mass is 16.3. The van der Waals surface area contributed by atoms with E-state index < -0.39 is 6.10 Å². The van der Waals surface area contributed by atoms with Crippen molar-refractivity contribution in [3.63, 3.8) is 0 Å². The van der Waals surface area contributed by atoms with E-state index in [9.17, 15) is 5.11 Å². The Kier molecular flexibility index (Phi) is 4.74. The van der Waals surface area contributed by atoms with Gasteiger partial charge in [0.15, 0.2) is 0 Å². The van der Waals surface area contributed by atoms with Gasteiger partial charge in [0.25, 0.3) is 0 Å². The lowest BCUT2D eigenvalue weighted by Gasteiger charge is -2.21. The zero-order valence-electron chi connectivity index (χ0n) is 12.8. The van der Waals surface area contributed by atoms with Crippen LogP contribution in [0.5, 0.6) is 0 Å². The number of nitrogen functional groups attached to an aromatic ring is 1. The van der Waals surface area contributed by atoms with Gasteiger partial charge in [-0.1, -0.05) is 34.6 Å². The smallest absolute Gasteiger partial charge is 0.138 e. The Morgan fingerprint density at radius 2 is 1.84 bits per heavy atom. The molecule has 1 aromatic heterocycles. The summed E-state index contributed by atoms with van der Waals surface area (Å²) in [6.45, 7) is 12.4. The Hall–Kier alpha value is -1.36. The second kappa shape index (κ2) is 5.74. The number of rotatable bonds is 4. The molecule has 5 nitrogen and oxygen atoms in total. The summed E-state index contributed by atoms with van der Waals surface area (Å²) in [5, 5.41) is 13.0. The second-order valence-electron chi connectivity index (χ2n) is 6.35. The molecule has 0 saturated carbocycles. The molecule has 0 aliphatic rings. The number of hydrogen-bond acceptors (Lipinski definition) is 5. The molecule has 0 saturated heterocycles. The van der Waals surface area contributed by atoms with Crippen LogP contribution in [0.2, 0.25) is 0 Å².